The van der Waals surface area contributed by atoms with Crippen molar-refractivity contribution in [1.82, 2.24) is 15.3 Å². The quantitative estimate of drug-likeness (QED) is 0.588. The summed E-state index contributed by atoms with van der Waals surface area (Å²) in [5, 5.41) is 9.00. The summed E-state index contributed by atoms with van der Waals surface area (Å²) in [5.41, 5.74) is 0. The molecule has 1 aliphatic rings. The number of ether oxygens (including phenoxy) is 1. The molecule has 0 aromatic carbocycles. The molecule has 21 heavy (non-hydrogen) atoms. The van der Waals surface area contributed by atoms with Crippen LogP contribution in [0.5, 0.6) is 0 Å². The minimum atomic E-state index is 0.00450. The third-order valence-corrected chi connectivity index (χ3v) is 3.23. The van der Waals surface area contributed by atoms with E-state index >= 15 is 0 Å². The van der Waals surface area contributed by atoms with Crippen LogP contribution >= 0.6 is 0 Å². The lowest BCUT2D eigenvalue weighted by Gasteiger charge is -2.09. The highest BCUT2D eigenvalue weighted by Gasteiger charge is 2.27. The molecule has 0 aliphatic heterocycles. The van der Waals surface area contributed by atoms with E-state index in [1.54, 1.807) is 7.11 Å². The van der Waals surface area contributed by atoms with Crippen molar-refractivity contribution in [1.29, 1.82) is 0 Å². The minimum Gasteiger partial charge on any atom is -0.383 e. The van der Waals surface area contributed by atoms with Crippen LogP contribution in [-0.2, 0) is 9.53 Å². The van der Waals surface area contributed by atoms with Gasteiger partial charge in [0.15, 0.2) is 0 Å². The SMILES string of the molecule is CNc1cc(NCCC(=O)NCCOC)nc(C2CC2)n1. The van der Waals surface area contributed by atoms with Gasteiger partial charge in [0.05, 0.1) is 6.61 Å². The fourth-order valence-corrected chi connectivity index (χ4v) is 1.89. The number of aromatic nitrogens is 2. The summed E-state index contributed by atoms with van der Waals surface area (Å²) < 4.78 is 4.88. The molecule has 0 unspecified atom stereocenters. The van der Waals surface area contributed by atoms with Gasteiger partial charge in [-0.15, -0.1) is 0 Å². The van der Waals surface area contributed by atoms with Crippen LogP contribution in [-0.4, -0.2) is 49.7 Å². The van der Waals surface area contributed by atoms with Gasteiger partial charge in [0, 0.05) is 45.7 Å². The first kappa shape index (κ1) is 15.5. The molecule has 1 aromatic heterocycles. The average molecular weight is 293 g/mol. The van der Waals surface area contributed by atoms with Crippen LogP contribution in [0.2, 0.25) is 0 Å². The van der Waals surface area contributed by atoms with Gasteiger partial charge in [-0.3, -0.25) is 4.79 Å². The Kier molecular flexibility index (Phi) is 5.74. The number of hydrogen-bond donors (Lipinski definition) is 3. The minimum absolute atomic E-state index is 0.00450. The summed E-state index contributed by atoms with van der Waals surface area (Å²) >= 11 is 0. The van der Waals surface area contributed by atoms with Crippen LogP contribution in [0.3, 0.4) is 0 Å². The van der Waals surface area contributed by atoms with Crippen molar-refractivity contribution in [2.45, 2.75) is 25.2 Å². The lowest BCUT2D eigenvalue weighted by Crippen LogP contribution is -2.28. The van der Waals surface area contributed by atoms with E-state index < -0.39 is 0 Å². The molecule has 0 saturated heterocycles. The molecular weight excluding hydrogens is 270 g/mol. The molecule has 3 N–H and O–H groups in total. The van der Waals surface area contributed by atoms with Crippen molar-refractivity contribution >= 4 is 17.5 Å². The van der Waals surface area contributed by atoms with Gasteiger partial charge < -0.3 is 20.7 Å². The molecule has 116 valence electrons. The Balaban J connectivity index is 1.79. The Hall–Kier alpha value is -1.89. The van der Waals surface area contributed by atoms with Crippen LogP contribution in [0.4, 0.5) is 11.6 Å². The summed E-state index contributed by atoms with van der Waals surface area (Å²) in [6.07, 6.45) is 2.73. The van der Waals surface area contributed by atoms with Crippen LogP contribution in [0.15, 0.2) is 6.07 Å². The molecule has 7 heteroatoms. The first-order valence-corrected chi connectivity index (χ1v) is 7.29. The predicted octanol–water partition coefficient (Wildman–Crippen LogP) is 0.960. The molecule has 1 heterocycles. The molecule has 1 aliphatic carbocycles. The predicted molar refractivity (Wildman–Crippen MR) is 81.5 cm³/mol. The van der Waals surface area contributed by atoms with E-state index in [2.05, 4.69) is 25.9 Å². The number of nitrogens with one attached hydrogen (secondary N) is 3. The van der Waals surface area contributed by atoms with E-state index in [1.807, 2.05) is 13.1 Å². The molecule has 1 aromatic rings. The van der Waals surface area contributed by atoms with Gasteiger partial charge in [-0.25, -0.2) is 9.97 Å². The summed E-state index contributed by atoms with van der Waals surface area (Å²) in [4.78, 5) is 20.5. The van der Waals surface area contributed by atoms with Crippen molar-refractivity contribution in [3.63, 3.8) is 0 Å². The Morgan fingerprint density at radius 1 is 1.33 bits per heavy atom. The van der Waals surface area contributed by atoms with Crippen LogP contribution in [0.1, 0.15) is 31.0 Å². The Morgan fingerprint density at radius 2 is 2.10 bits per heavy atom. The fourth-order valence-electron chi connectivity index (χ4n) is 1.89. The van der Waals surface area contributed by atoms with Crippen LogP contribution < -0.4 is 16.0 Å². The number of methoxy groups -OCH3 is 1. The molecule has 0 atom stereocenters. The monoisotopic (exact) mass is 293 g/mol. The van der Waals surface area contributed by atoms with Gasteiger partial charge in [-0.1, -0.05) is 0 Å². The molecule has 1 fully saturated rings. The number of rotatable bonds is 9. The van der Waals surface area contributed by atoms with Crippen molar-refractivity contribution < 1.29 is 9.53 Å². The maximum absolute atomic E-state index is 11.6. The van der Waals surface area contributed by atoms with Crippen molar-refractivity contribution in [3.05, 3.63) is 11.9 Å². The summed E-state index contributed by atoms with van der Waals surface area (Å²) in [6, 6.07) is 1.86. The third-order valence-electron chi connectivity index (χ3n) is 3.23. The number of anilines is 2. The number of carbonyl (C=O) groups is 1. The normalized spacial score (nSPS) is 13.8. The van der Waals surface area contributed by atoms with E-state index in [-0.39, 0.29) is 5.91 Å². The Morgan fingerprint density at radius 3 is 2.76 bits per heavy atom. The summed E-state index contributed by atoms with van der Waals surface area (Å²) in [7, 11) is 3.45. The molecule has 1 amide bonds. The molecule has 0 spiro atoms. The van der Waals surface area contributed by atoms with E-state index in [9.17, 15) is 4.79 Å². The second-order valence-electron chi connectivity index (χ2n) is 5.04. The summed E-state index contributed by atoms with van der Waals surface area (Å²) in [5.74, 6) is 2.95. The van der Waals surface area contributed by atoms with Crippen molar-refractivity contribution in [3.8, 4) is 0 Å². The van der Waals surface area contributed by atoms with E-state index in [0.29, 0.717) is 32.0 Å². The zero-order valence-corrected chi connectivity index (χ0v) is 12.6. The zero-order chi connectivity index (χ0) is 15.1. The second kappa shape index (κ2) is 7.78. The number of carbonyl (C=O) groups excluding carboxylic acids is 1. The second-order valence-corrected chi connectivity index (χ2v) is 5.04. The first-order valence-electron chi connectivity index (χ1n) is 7.29. The van der Waals surface area contributed by atoms with Crippen molar-refractivity contribution in [2.75, 3.05) is 44.5 Å². The maximum atomic E-state index is 11.6. The molecule has 0 radical (unpaired) electrons. The molecule has 1 saturated carbocycles. The molecular formula is C14H23N5O2. The standard InChI is InChI=1S/C14H23N5O2/c1-15-11-9-12(19-14(18-11)10-3-4-10)16-6-5-13(20)17-7-8-21-2/h9-10H,3-8H2,1-2H3,(H,17,20)(H2,15,16,18,19). The molecule has 7 nitrogen and oxygen atoms in total. The van der Waals surface area contributed by atoms with Gasteiger partial charge in [-0.05, 0) is 12.8 Å². The van der Waals surface area contributed by atoms with Crippen LogP contribution in [0.25, 0.3) is 0 Å². The Bertz CT molecular complexity index is 476. The Labute approximate surface area is 124 Å². The van der Waals surface area contributed by atoms with Gasteiger partial charge in [0.25, 0.3) is 0 Å². The summed E-state index contributed by atoms with van der Waals surface area (Å²) in [6.45, 7) is 1.61. The van der Waals surface area contributed by atoms with Gasteiger partial charge >= 0.3 is 0 Å². The van der Waals surface area contributed by atoms with E-state index in [4.69, 9.17) is 4.74 Å². The van der Waals surface area contributed by atoms with E-state index in [1.165, 1.54) is 0 Å². The maximum Gasteiger partial charge on any atom is 0.221 e. The fraction of sp³-hybridized carbons (Fsp3) is 0.643. The molecule has 2 rings (SSSR count). The van der Waals surface area contributed by atoms with Gasteiger partial charge in [-0.2, -0.15) is 0 Å². The first-order chi connectivity index (χ1) is 10.2. The van der Waals surface area contributed by atoms with Gasteiger partial charge in [0.2, 0.25) is 5.91 Å². The highest BCUT2D eigenvalue weighted by Crippen LogP contribution is 2.38. The highest BCUT2D eigenvalue weighted by atomic mass is 16.5. The van der Waals surface area contributed by atoms with Crippen molar-refractivity contribution in [2.24, 2.45) is 0 Å². The smallest absolute Gasteiger partial charge is 0.221 e. The van der Waals surface area contributed by atoms with Gasteiger partial charge in [0.1, 0.15) is 17.5 Å². The van der Waals surface area contributed by atoms with E-state index in [0.717, 1.165) is 30.3 Å². The van der Waals surface area contributed by atoms with Crippen LogP contribution in [0, 0.1) is 0 Å². The number of amides is 1. The number of nitrogens with zero attached hydrogens (tertiary/aromatic N) is 2. The number of hydrogen-bond acceptors (Lipinski definition) is 6. The highest BCUT2D eigenvalue weighted by molar-refractivity contribution is 5.76. The third kappa shape index (κ3) is 5.18. The topological polar surface area (TPSA) is 88.2 Å². The average Bonchev–Trinajstić information content (AvgIpc) is 3.32. The lowest BCUT2D eigenvalue weighted by atomic mass is 10.3. The zero-order valence-electron chi connectivity index (χ0n) is 12.6. The molecule has 0 bridgehead atoms. The lowest BCUT2D eigenvalue weighted by molar-refractivity contribution is -0.121. The largest absolute Gasteiger partial charge is 0.383 e.